The van der Waals surface area contributed by atoms with Crippen molar-refractivity contribution >= 4 is 21.6 Å². The second-order valence-electron chi connectivity index (χ2n) is 7.79. The standard InChI is InChI=1S/C25H24N4O3S/c1-19-11-13-24(14-12-19)33(31,32)27-22-8-6-7-21(15-22)25(30)28(2)17-20-16-26-29(18-20)23-9-4-3-5-10-23/h3-16,18,27H,17H2,1-2H3. The van der Waals surface area contributed by atoms with Gasteiger partial charge in [0.25, 0.3) is 15.9 Å². The Hall–Kier alpha value is -3.91. The molecule has 0 unspecified atom stereocenters. The van der Waals surface area contributed by atoms with Crippen LogP contribution in [-0.4, -0.2) is 36.1 Å². The number of carbonyl (C=O) groups is 1. The summed E-state index contributed by atoms with van der Waals surface area (Å²) >= 11 is 0. The zero-order valence-electron chi connectivity index (χ0n) is 18.3. The summed E-state index contributed by atoms with van der Waals surface area (Å²) in [6, 6.07) is 22.8. The highest BCUT2D eigenvalue weighted by Gasteiger charge is 2.17. The molecule has 4 aromatic rings. The number of carbonyl (C=O) groups excluding carboxylic acids is 1. The lowest BCUT2D eigenvalue weighted by molar-refractivity contribution is 0.0785. The number of nitrogens with one attached hydrogen (secondary N) is 1. The number of hydrogen-bond acceptors (Lipinski definition) is 4. The first-order valence-corrected chi connectivity index (χ1v) is 11.8. The normalized spacial score (nSPS) is 11.2. The molecule has 33 heavy (non-hydrogen) atoms. The lowest BCUT2D eigenvalue weighted by Gasteiger charge is -2.17. The van der Waals surface area contributed by atoms with Crippen LogP contribution in [0.15, 0.2) is 96.2 Å². The number of aryl methyl sites for hydroxylation is 1. The lowest BCUT2D eigenvalue weighted by atomic mass is 10.1. The number of anilines is 1. The molecule has 3 aromatic carbocycles. The Labute approximate surface area is 193 Å². The molecule has 0 saturated heterocycles. The maximum atomic E-state index is 13.0. The average Bonchev–Trinajstić information content (AvgIpc) is 3.28. The number of aromatic nitrogens is 2. The SMILES string of the molecule is Cc1ccc(S(=O)(=O)Nc2cccc(C(=O)N(C)Cc3cnn(-c4ccccc4)c3)c2)cc1. The molecule has 168 valence electrons. The van der Waals surface area contributed by atoms with Gasteiger partial charge in [-0.15, -0.1) is 0 Å². The minimum absolute atomic E-state index is 0.164. The van der Waals surface area contributed by atoms with E-state index in [0.29, 0.717) is 17.8 Å². The fourth-order valence-electron chi connectivity index (χ4n) is 3.38. The van der Waals surface area contributed by atoms with Crippen LogP contribution in [0.1, 0.15) is 21.5 Å². The van der Waals surface area contributed by atoms with Crippen LogP contribution in [0.25, 0.3) is 5.69 Å². The van der Waals surface area contributed by atoms with E-state index in [1.807, 2.05) is 43.5 Å². The molecule has 7 nitrogen and oxygen atoms in total. The van der Waals surface area contributed by atoms with Gasteiger partial charge in [-0.2, -0.15) is 5.10 Å². The van der Waals surface area contributed by atoms with Gasteiger partial charge in [-0.3, -0.25) is 9.52 Å². The first-order valence-electron chi connectivity index (χ1n) is 10.4. The molecule has 0 aliphatic rings. The number of para-hydroxylation sites is 1. The second kappa shape index (κ2) is 9.30. The minimum atomic E-state index is -3.75. The Morgan fingerprint density at radius 2 is 1.73 bits per heavy atom. The van der Waals surface area contributed by atoms with Crippen molar-refractivity contribution in [1.82, 2.24) is 14.7 Å². The summed E-state index contributed by atoms with van der Waals surface area (Å²) in [5.74, 6) is -0.223. The van der Waals surface area contributed by atoms with Gasteiger partial charge in [-0.05, 0) is 49.4 Å². The number of benzene rings is 3. The van der Waals surface area contributed by atoms with E-state index in [2.05, 4.69) is 9.82 Å². The number of amides is 1. The van der Waals surface area contributed by atoms with E-state index in [9.17, 15) is 13.2 Å². The van der Waals surface area contributed by atoms with Gasteiger partial charge in [0, 0.05) is 36.6 Å². The third kappa shape index (κ3) is 5.30. The van der Waals surface area contributed by atoms with Gasteiger partial charge in [0.15, 0.2) is 0 Å². The molecule has 0 fully saturated rings. The zero-order chi connectivity index (χ0) is 23.4. The van der Waals surface area contributed by atoms with E-state index < -0.39 is 10.0 Å². The van der Waals surface area contributed by atoms with Crippen LogP contribution in [0, 0.1) is 6.92 Å². The van der Waals surface area contributed by atoms with Crippen LogP contribution in [0.3, 0.4) is 0 Å². The van der Waals surface area contributed by atoms with E-state index >= 15 is 0 Å². The molecular weight excluding hydrogens is 436 g/mol. The number of hydrogen-bond donors (Lipinski definition) is 1. The van der Waals surface area contributed by atoms with Gasteiger partial charge < -0.3 is 4.90 Å². The lowest BCUT2D eigenvalue weighted by Crippen LogP contribution is -2.26. The molecular formula is C25H24N4O3S. The molecule has 1 aromatic heterocycles. The molecule has 0 radical (unpaired) electrons. The minimum Gasteiger partial charge on any atom is -0.337 e. The number of sulfonamides is 1. The quantitative estimate of drug-likeness (QED) is 0.447. The number of nitrogens with zero attached hydrogens (tertiary/aromatic N) is 3. The molecule has 1 amide bonds. The van der Waals surface area contributed by atoms with Gasteiger partial charge >= 0.3 is 0 Å². The van der Waals surface area contributed by atoms with Gasteiger partial charge in [0.2, 0.25) is 0 Å². The Bertz CT molecular complexity index is 1360. The Morgan fingerprint density at radius 3 is 2.45 bits per heavy atom. The van der Waals surface area contributed by atoms with Crippen molar-refractivity contribution in [3.05, 3.63) is 108 Å². The van der Waals surface area contributed by atoms with Crippen LogP contribution < -0.4 is 4.72 Å². The van der Waals surface area contributed by atoms with Crippen LogP contribution in [-0.2, 0) is 16.6 Å². The third-order valence-electron chi connectivity index (χ3n) is 5.12. The van der Waals surface area contributed by atoms with Crippen molar-refractivity contribution in [2.45, 2.75) is 18.4 Å². The van der Waals surface area contributed by atoms with E-state index in [-0.39, 0.29) is 10.8 Å². The molecule has 0 bridgehead atoms. The van der Waals surface area contributed by atoms with E-state index in [1.165, 1.54) is 6.07 Å². The molecule has 1 heterocycles. The highest BCUT2D eigenvalue weighted by molar-refractivity contribution is 7.92. The molecule has 0 spiro atoms. The van der Waals surface area contributed by atoms with Crippen LogP contribution >= 0.6 is 0 Å². The molecule has 8 heteroatoms. The predicted molar refractivity (Wildman–Crippen MR) is 128 cm³/mol. The third-order valence-corrected chi connectivity index (χ3v) is 6.51. The smallest absolute Gasteiger partial charge is 0.261 e. The van der Waals surface area contributed by atoms with Crippen molar-refractivity contribution < 1.29 is 13.2 Å². The second-order valence-corrected chi connectivity index (χ2v) is 9.47. The first-order chi connectivity index (χ1) is 15.8. The largest absolute Gasteiger partial charge is 0.337 e. The molecule has 0 saturated carbocycles. The summed E-state index contributed by atoms with van der Waals surface area (Å²) in [6.45, 7) is 2.26. The van der Waals surface area contributed by atoms with Crippen molar-refractivity contribution in [3.63, 3.8) is 0 Å². The molecule has 0 atom stereocenters. The highest BCUT2D eigenvalue weighted by Crippen LogP contribution is 2.19. The van der Waals surface area contributed by atoms with Crippen molar-refractivity contribution in [1.29, 1.82) is 0 Å². The fraction of sp³-hybridized carbons (Fsp3) is 0.120. The van der Waals surface area contributed by atoms with Crippen LogP contribution in [0.4, 0.5) is 5.69 Å². The first kappa shape index (κ1) is 22.3. The molecule has 0 aliphatic heterocycles. The Kier molecular flexibility index (Phi) is 6.28. The monoisotopic (exact) mass is 460 g/mol. The van der Waals surface area contributed by atoms with Crippen molar-refractivity contribution in [2.75, 3.05) is 11.8 Å². The van der Waals surface area contributed by atoms with Crippen molar-refractivity contribution in [2.24, 2.45) is 0 Å². The average molecular weight is 461 g/mol. The van der Waals surface area contributed by atoms with Crippen LogP contribution in [0.5, 0.6) is 0 Å². The summed E-state index contributed by atoms with van der Waals surface area (Å²) in [5.41, 5.74) is 3.50. The number of rotatable bonds is 7. The summed E-state index contributed by atoms with van der Waals surface area (Å²) in [7, 11) is -2.05. The maximum absolute atomic E-state index is 13.0. The van der Waals surface area contributed by atoms with Crippen LogP contribution in [0.2, 0.25) is 0 Å². The van der Waals surface area contributed by atoms with E-state index in [1.54, 1.807) is 65.3 Å². The van der Waals surface area contributed by atoms with Gasteiger partial charge in [0.05, 0.1) is 16.8 Å². The van der Waals surface area contributed by atoms with E-state index in [4.69, 9.17) is 0 Å². The fourth-order valence-corrected chi connectivity index (χ4v) is 4.43. The molecule has 0 aliphatic carbocycles. The Balaban J connectivity index is 1.46. The maximum Gasteiger partial charge on any atom is 0.261 e. The summed E-state index contributed by atoms with van der Waals surface area (Å²) < 4.78 is 29.7. The zero-order valence-corrected chi connectivity index (χ0v) is 19.2. The van der Waals surface area contributed by atoms with Crippen molar-refractivity contribution in [3.8, 4) is 5.69 Å². The predicted octanol–water partition coefficient (Wildman–Crippen LogP) is 4.25. The van der Waals surface area contributed by atoms with Gasteiger partial charge in [0.1, 0.15) is 0 Å². The summed E-state index contributed by atoms with van der Waals surface area (Å²) in [4.78, 5) is 14.7. The molecule has 4 rings (SSSR count). The van der Waals surface area contributed by atoms with Gasteiger partial charge in [-0.1, -0.05) is 42.0 Å². The molecule has 1 N–H and O–H groups in total. The van der Waals surface area contributed by atoms with E-state index in [0.717, 1.165) is 16.8 Å². The summed E-state index contributed by atoms with van der Waals surface area (Å²) in [5, 5.41) is 4.36. The summed E-state index contributed by atoms with van der Waals surface area (Å²) in [6.07, 6.45) is 3.61. The Morgan fingerprint density at radius 1 is 1.00 bits per heavy atom. The topological polar surface area (TPSA) is 84.3 Å². The van der Waals surface area contributed by atoms with Gasteiger partial charge in [-0.25, -0.2) is 13.1 Å². The highest BCUT2D eigenvalue weighted by atomic mass is 32.2.